The van der Waals surface area contributed by atoms with Crippen molar-refractivity contribution in [1.82, 2.24) is 0 Å². The molecule has 0 saturated heterocycles. The Morgan fingerprint density at radius 3 is 2.82 bits per heavy atom. The van der Waals surface area contributed by atoms with Crippen molar-refractivity contribution in [1.29, 1.82) is 0 Å². The second-order valence-electron chi connectivity index (χ2n) is 5.76. The molecule has 0 aromatic heterocycles. The van der Waals surface area contributed by atoms with Gasteiger partial charge in [-0.25, -0.2) is 0 Å². The van der Waals surface area contributed by atoms with Crippen LogP contribution in [0.3, 0.4) is 0 Å². The zero-order valence-corrected chi connectivity index (χ0v) is 10.7. The lowest BCUT2D eigenvalue weighted by Gasteiger charge is -2.26. The van der Waals surface area contributed by atoms with E-state index in [0.717, 1.165) is 12.1 Å². The lowest BCUT2D eigenvalue weighted by molar-refractivity contribution is 0.645. The van der Waals surface area contributed by atoms with Crippen LogP contribution in [0.2, 0.25) is 0 Å². The van der Waals surface area contributed by atoms with Crippen LogP contribution in [0.15, 0.2) is 35.9 Å². The number of anilines is 1. The number of benzene rings is 1. The summed E-state index contributed by atoms with van der Waals surface area (Å²) in [6.45, 7) is 6.88. The third-order valence-electron chi connectivity index (χ3n) is 4.24. The van der Waals surface area contributed by atoms with Gasteiger partial charge in [-0.05, 0) is 40.7 Å². The maximum atomic E-state index is 6.20. The Balaban J connectivity index is 2.34. The molecule has 1 atom stereocenters. The van der Waals surface area contributed by atoms with Crippen LogP contribution in [0.4, 0.5) is 5.69 Å². The van der Waals surface area contributed by atoms with Gasteiger partial charge in [0.2, 0.25) is 0 Å². The Morgan fingerprint density at radius 2 is 2.06 bits per heavy atom. The minimum absolute atomic E-state index is 0.0567. The van der Waals surface area contributed by atoms with Gasteiger partial charge in [-0.3, -0.25) is 0 Å². The highest BCUT2D eigenvalue weighted by atomic mass is 14.6. The van der Waals surface area contributed by atoms with Crippen molar-refractivity contribution in [2.45, 2.75) is 32.6 Å². The lowest BCUT2D eigenvalue weighted by Crippen LogP contribution is -2.18. The molecule has 0 aliphatic heterocycles. The fraction of sp³-hybridized carbons (Fsp3) is 0.375. The average molecular weight is 225 g/mol. The molecule has 3 rings (SSSR count). The molecule has 1 aromatic rings. The standard InChI is InChI=1S/C16H19N/c1-10-6-4-8-12-14(10)11-7-5-9-13(17)15(11)16(12,2)3/h4-5,7-10H,6,17H2,1-3H3. The molecule has 0 spiro atoms. The zero-order chi connectivity index (χ0) is 12.2. The normalized spacial score (nSPS) is 24.8. The van der Waals surface area contributed by atoms with Gasteiger partial charge in [-0.15, -0.1) is 0 Å². The molecule has 1 heteroatoms. The van der Waals surface area contributed by atoms with Crippen LogP contribution in [0.25, 0.3) is 5.57 Å². The summed E-state index contributed by atoms with van der Waals surface area (Å²) in [7, 11) is 0. The summed E-state index contributed by atoms with van der Waals surface area (Å²) in [4.78, 5) is 0. The molecule has 88 valence electrons. The molecule has 0 saturated carbocycles. The van der Waals surface area contributed by atoms with E-state index in [1.807, 2.05) is 6.07 Å². The van der Waals surface area contributed by atoms with Gasteiger partial charge in [-0.1, -0.05) is 45.1 Å². The van der Waals surface area contributed by atoms with Crippen molar-refractivity contribution >= 4 is 11.3 Å². The number of hydrogen-bond acceptors (Lipinski definition) is 1. The number of rotatable bonds is 0. The monoisotopic (exact) mass is 225 g/mol. The van der Waals surface area contributed by atoms with E-state index in [-0.39, 0.29) is 5.41 Å². The molecule has 17 heavy (non-hydrogen) atoms. The quantitative estimate of drug-likeness (QED) is 0.666. The Hall–Kier alpha value is -1.50. The fourth-order valence-corrected chi connectivity index (χ4v) is 3.45. The van der Waals surface area contributed by atoms with Crippen molar-refractivity contribution in [3.63, 3.8) is 0 Å². The third kappa shape index (κ3) is 1.25. The maximum Gasteiger partial charge on any atom is 0.0361 e. The molecule has 2 aliphatic carbocycles. The molecular formula is C16H19N. The van der Waals surface area contributed by atoms with Crippen LogP contribution in [0.1, 0.15) is 38.3 Å². The summed E-state index contributed by atoms with van der Waals surface area (Å²) < 4.78 is 0. The first-order chi connectivity index (χ1) is 8.03. The fourth-order valence-electron chi connectivity index (χ4n) is 3.45. The number of fused-ring (bicyclic) bond motifs is 2. The van der Waals surface area contributed by atoms with E-state index in [9.17, 15) is 0 Å². The van der Waals surface area contributed by atoms with E-state index < -0.39 is 0 Å². The first kappa shape index (κ1) is 10.6. The summed E-state index contributed by atoms with van der Waals surface area (Å²) in [6.07, 6.45) is 5.74. The second-order valence-corrected chi connectivity index (χ2v) is 5.76. The number of nitrogen functional groups attached to an aromatic ring is 1. The first-order valence-electron chi connectivity index (χ1n) is 6.34. The van der Waals surface area contributed by atoms with Crippen LogP contribution in [-0.2, 0) is 5.41 Å². The van der Waals surface area contributed by atoms with E-state index in [4.69, 9.17) is 5.73 Å². The third-order valence-corrected chi connectivity index (χ3v) is 4.24. The summed E-state index contributed by atoms with van der Waals surface area (Å²) >= 11 is 0. The van der Waals surface area contributed by atoms with E-state index in [1.165, 1.54) is 22.3 Å². The van der Waals surface area contributed by atoms with Crippen molar-refractivity contribution in [3.8, 4) is 0 Å². The van der Waals surface area contributed by atoms with Crippen molar-refractivity contribution in [3.05, 3.63) is 47.1 Å². The lowest BCUT2D eigenvalue weighted by atomic mass is 9.78. The van der Waals surface area contributed by atoms with Crippen LogP contribution < -0.4 is 5.73 Å². The van der Waals surface area contributed by atoms with E-state index in [0.29, 0.717) is 5.92 Å². The molecule has 1 unspecified atom stereocenters. The second kappa shape index (κ2) is 3.25. The summed E-state index contributed by atoms with van der Waals surface area (Å²) in [5, 5.41) is 0. The summed E-state index contributed by atoms with van der Waals surface area (Å²) in [6, 6.07) is 6.32. The molecule has 2 N–H and O–H groups in total. The Morgan fingerprint density at radius 1 is 1.29 bits per heavy atom. The Labute approximate surface area is 103 Å². The minimum Gasteiger partial charge on any atom is -0.398 e. The van der Waals surface area contributed by atoms with Crippen molar-refractivity contribution in [2.24, 2.45) is 5.92 Å². The number of hydrogen-bond donors (Lipinski definition) is 1. The maximum absolute atomic E-state index is 6.20. The molecular weight excluding hydrogens is 206 g/mol. The molecule has 1 nitrogen and oxygen atoms in total. The Kier molecular flexibility index (Phi) is 2.04. The van der Waals surface area contributed by atoms with Gasteiger partial charge in [0.15, 0.2) is 0 Å². The molecule has 0 amide bonds. The molecule has 1 aromatic carbocycles. The minimum atomic E-state index is 0.0567. The summed E-state index contributed by atoms with van der Waals surface area (Å²) in [5.41, 5.74) is 12.9. The molecule has 2 aliphatic rings. The van der Waals surface area contributed by atoms with Crippen LogP contribution >= 0.6 is 0 Å². The van der Waals surface area contributed by atoms with E-state index in [2.05, 4.69) is 45.1 Å². The highest BCUT2D eigenvalue weighted by Gasteiger charge is 2.40. The largest absolute Gasteiger partial charge is 0.398 e. The summed E-state index contributed by atoms with van der Waals surface area (Å²) in [5.74, 6) is 0.609. The van der Waals surface area contributed by atoms with Gasteiger partial charge >= 0.3 is 0 Å². The van der Waals surface area contributed by atoms with E-state index in [1.54, 1.807) is 0 Å². The highest BCUT2D eigenvalue weighted by Crippen LogP contribution is 2.53. The van der Waals surface area contributed by atoms with Crippen molar-refractivity contribution < 1.29 is 0 Å². The van der Waals surface area contributed by atoms with Crippen LogP contribution in [-0.4, -0.2) is 0 Å². The highest BCUT2D eigenvalue weighted by molar-refractivity contribution is 5.87. The SMILES string of the molecule is CC1CC=CC2=C1c1cccc(N)c1C2(C)C. The molecule has 0 bridgehead atoms. The van der Waals surface area contributed by atoms with Gasteiger partial charge in [-0.2, -0.15) is 0 Å². The van der Waals surface area contributed by atoms with Crippen molar-refractivity contribution in [2.75, 3.05) is 5.73 Å². The van der Waals surface area contributed by atoms with Gasteiger partial charge in [0, 0.05) is 11.1 Å². The predicted molar refractivity (Wildman–Crippen MR) is 73.7 cm³/mol. The molecule has 0 radical (unpaired) electrons. The van der Waals surface area contributed by atoms with Gasteiger partial charge in [0.25, 0.3) is 0 Å². The van der Waals surface area contributed by atoms with Gasteiger partial charge in [0.05, 0.1) is 0 Å². The zero-order valence-electron chi connectivity index (χ0n) is 10.7. The predicted octanol–water partition coefficient (Wildman–Crippen LogP) is 3.91. The Bertz CT molecular complexity index is 547. The van der Waals surface area contributed by atoms with E-state index >= 15 is 0 Å². The smallest absolute Gasteiger partial charge is 0.0361 e. The average Bonchev–Trinajstić information content (AvgIpc) is 2.50. The van der Waals surface area contributed by atoms with Gasteiger partial charge in [0.1, 0.15) is 0 Å². The van der Waals surface area contributed by atoms with Crippen LogP contribution in [0, 0.1) is 5.92 Å². The topological polar surface area (TPSA) is 26.0 Å². The van der Waals surface area contributed by atoms with Crippen LogP contribution in [0.5, 0.6) is 0 Å². The van der Waals surface area contributed by atoms with Gasteiger partial charge < -0.3 is 5.73 Å². The molecule has 0 heterocycles. The first-order valence-corrected chi connectivity index (χ1v) is 6.34. The number of allylic oxidation sites excluding steroid dienone is 4. The molecule has 0 fully saturated rings. The number of nitrogens with two attached hydrogens (primary N) is 1.